The van der Waals surface area contributed by atoms with Gasteiger partial charge in [0.2, 0.25) is 0 Å². The van der Waals surface area contributed by atoms with Crippen molar-refractivity contribution < 1.29 is 33.9 Å². The van der Waals surface area contributed by atoms with Gasteiger partial charge in [0.1, 0.15) is 30.5 Å². The number of nitrogens with zero attached hydrogens (tertiary/aromatic N) is 3. The molecule has 1 saturated heterocycles. The van der Waals surface area contributed by atoms with Gasteiger partial charge >= 0.3 is 12.2 Å². The minimum atomic E-state index is -0.730. The van der Waals surface area contributed by atoms with Gasteiger partial charge in [-0.1, -0.05) is 55.5 Å². The first-order chi connectivity index (χ1) is 26.5. The van der Waals surface area contributed by atoms with Gasteiger partial charge in [0.25, 0.3) is 5.91 Å². The van der Waals surface area contributed by atoms with Crippen molar-refractivity contribution >= 4 is 51.6 Å². The van der Waals surface area contributed by atoms with Gasteiger partial charge in [-0.2, -0.15) is 0 Å². The highest BCUT2D eigenvalue weighted by Gasteiger charge is 2.39. The van der Waals surface area contributed by atoms with Crippen LogP contribution in [0.1, 0.15) is 55.7 Å². The number of piperidine rings is 1. The molecule has 0 spiro atoms. The number of rotatable bonds is 10. The highest BCUT2D eigenvalue weighted by atomic mass is 16.6. The van der Waals surface area contributed by atoms with Crippen LogP contribution >= 0.6 is 0 Å². The number of benzene rings is 2. The molecule has 14 heteroatoms. The molecule has 14 nitrogen and oxygen atoms in total. The predicted molar refractivity (Wildman–Crippen MR) is 211 cm³/mol. The first kappa shape index (κ1) is 38.7. The number of carbonyl (C=O) groups excluding carboxylic acids is 3. The summed E-state index contributed by atoms with van der Waals surface area (Å²) in [7, 11) is 0. The molecule has 0 bridgehead atoms. The Bertz CT molecular complexity index is 2070. The molecule has 2 aromatic carbocycles. The number of nitrogens with one attached hydrogen (secondary N) is 3. The molecular weight excluding hydrogens is 701 g/mol. The molecule has 3 atom stereocenters. The number of amides is 3. The van der Waals surface area contributed by atoms with Crippen LogP contribution in [0.25, 0.3) is 16.5 Å². The lowest BCUT2D eigenvalue weighted by Gasteiger charge is -2.42. The monoisotopic (exact) mass is 749 g/mol. The summed E-state index contributed by atoms with van der Waals surface area (Å²) in [5.41, 5.74) is 9.85. The minimum absolute atomic E-state index is 0.00297. The largest absolute Gasteiger partial charge is 0.444 e. The number of anilines is 3. The molecule has 2 aromatic heterocycles. The van der Waals surface area contributed by atoms with E-state index in [-0.39, 0.29) is 36.0 Å². The van der Waals surface area contributed by atoms with Crippen LogP contribution in [0, 0.1) is 5.92 Å². The fourth-order valence-electron chi connectivity index (χ4n) is 6.85. The first-order valence-electron chi connectivity index (χ1n) is 18.4. The van der Waals surface area contributed by atoms with Gasteiger partial charge in [0.15, 0.2) is 5.69 Å². The second-order valence-corrected chi connectivity index (χ2v) is 14.7. The smallest absolute Gasteiger partial charge is 0.412 e. The lowest BCUT2D eigenvalue weighted by atomic mass is 9.89. The molecular formula is C41H49N8O6+. The highest BCUT2D eigenvalue weighted by molar-refractivity contribution is 6.11. The zero-order valence-electron chi connectivity index (χ0n) is 31.6. The van der Waals surface area contributed by atoms with Gasteiger partial charge in [0.05, 0.1) is 42.0 Å². The molecule has 1 unspecified atom stereocenters. The van der Waals surface area contributed by atoms with E-state index in [0.717, 1.165) is 28.5 Å². The molecule has 1 fully saturated rings. The number of alkyl carbamates (subject to hydrolysis) is 1. The number of nitrogens with two attached hydrogens (primary N) is 2. The number of carbonyl (C=O) groups is 3. The topological polar surface area (TPSA) is 187 Å². The number of hydrogen-bond donors (Lipinski definition) is 5. The van der Waals surface area contributed by atoms with E-state index in [1.165, 1.54) is 6.20 Å². The van der Waals surface area contributed by atoms with Crippen LogP contribution in [-0.2, 0) is 20.8 Å². The van der Waals surface area contributed by atoms with Gasteiger partial charge in [-0.3, -0.25) is 15.1 Å². The van der Waals surface area contributed by atoms with Crippen molar-refractivity contribution in [2.24, 2.45) is 11.7 Å². The van der Waals surface area contributed by atoms with Crippen LogP contribution in [0.4, 0.5) is 26.7 Å². The second kappa shape index (κ2) is 17.4. The summed E-state index contributed by atoms with van der Waals surface area (Å²) in [5.74, 6) is -0.487. The van der Waals surface area contributed by atoms with Crippen molar-refractivity contribution in [3.8, 4) is 0 Å². The molecule has 288 valence electrons. The second-order valence-electron chi connectivity index (χ2n) is 14.7. The minimum Gasteiger partial charge on any atom is -0.444 e. The zero-order chi connectivity index (χ0) is 39.0. The number of fused-ring (bicyclic) bond motifs is 1. The lowest BCUT2D eigenvalue weighted by Crippen LogP contribution is -2.92. The van der Waals surface area contributed by atoms with Crippen LogP contribution in [0.2, 0.25) is 0 Å². The van der Waals surface area contributed by atoms with Crippen molar-refractivity contribution in [2.75, 3.05) is 41.8 Å². The predicted octanol–water partition coefficient (Wildman–Crippen LogP) is 5.15. The molecule has 0 radical (unpaired) electrons. The Balaban J connectivity index is 1.29. The Labute approximate surface area is 320 Å². The van der Waals surface area contributed by atoms with Crippen molar-refractivity contribution in [1.29, 1.82) is 0 Å². The molecule has 3 amide bonds. The Morgan fingerprint density at radius 1 is 1.04 bits per heavy atom. The average Bonchev–Trinajstić information content (AvgIpc) is 3.16. The third-order valence-electron chi connectivity index (χ3n) is 9.40. The molecule has 4 heterocycles. The lowest BCUT2D eigenvalue weighted by molar-refractivity contribution is -0.638. The number of ether oxygens (including phenoxy) is 3. The van der Waals surface area contributed by atoms with Crippen LogP contribution in [-0.4, -0.2) is 72.0 Å². The standard InChI is InChI=1S/C41H48N8O6/c1-26-23-49(24-34(36(26)44-17-15-42)48-40(52)55-41(2,3)4)35-12-16-43-22-33(35)46-38(50)37-32(47-39(51)54-25-27-8-6-5-7-9-27)21-30-11-10-29(20-31(30)45-37)28-13-18-53-19-14-28/h5-13,15-17,20-22,26,34,36,44H,14,18-19,23-25,42H2,1-4H3,(H,46,50)(H,47,51)(H,48,52)/p+1/b17-15-/t26-,34?,36-/m0/s1. The van der Waals surface area contributed by atoms with Crippen LogP contribution in [0.15, 0.2) is 91.5 Å². The third-order valence-corrected chi connectivity index (χ3v) is 9.40. The summed E-state index contributed by atoms with van der Waals surface area (Å²) < 4.78 is 16.6. The molecule has 7 N–H and O–H groups in total. The van der Waals surface area contributed by atoms with Crippen molar-refractivity contribution in [3.05, 3.63) is 108 Å². The van der Waals surface area contributed by atoms with Gasteiger partial charge in [-0.15, -0.1) is 0 Å². The number of pyridine rings is 2. The van der Waals surface area contributed by atoms with Crippen molar-refractivity contribution in [2.45, 2.75) is 58.4 Å². The summed E-state index contributed by atoms with van der Waals surface area (Å²) >= 11 is 0. The maximum atomic E-state index is 14.3. The van der Waals surface area contributed by atoms with E-state index in [9.17, 15) is 14.4 Å². The van der Waals surface area contributed by atoms with E-state index in [1.807, 2.05) is 86.8 Å². The van der Waals surface area contributed by atoms with Crippen molar-refractivity contribution in [1.82, 2.24) is 15.3 Å². The van der Waals surface area contributed by atoms with Gasteiger partial charge in [0, 0.05) is 36.8 Å². The van der Waals surface area contributed by atoms with Gasteiger partial charge < -0.3 is 40.8 Å². The number of aromatic nitrogens is 2. The summed E-state index contributed by atoms with van der Waals surface area (Å²) in [6.07, 6.45) is 8.03. The Kier molecular flexibility index (Phi) is 12.3. The van der Waals surface area contributed by atoms with E-state index in [4.69, 9.17) is 24.9 Å². The first-order valence-corrected chi connectivity index (χ1v) is 18.4. The van der Waals surface area contributed by atoms with Crippen LogP contribution < -0.4 is 31.9 Å². The molecule has 0 saturated carbocycles. The third kappa shape index (κ3) is 10.2. The van der Waals surface area contributed by atoms with E-state index in [2.05, 4.69) is 32.8 Å². The maximum absolute atomic E-state index is 14.3. The van der Waals surface area contributed by atoms with E-state index in [0.29, 0.717) is 43.2 Å². The highest BCUT2D eigenvalue weighted by Crippen LogP contribution is 2.32. The summed E-state index contributed by atoms with van der Waals surface area (Å²) in [4.78, 5) is 51.6. The van der Waals surface area contributed by atoms with Crippen molar-refractivity contribution in [3.63, 3.8) is 0 Å². The Hall–Kier alpha value is -5.99. The quantitative estimate of drug-likeness (QED) is 0.145. The number of hydrogen-bond acceptors (Lipinski definition) is 10. The van der Waals surface area contributed by atoms with Gasteiger partial charge in [-0.05, 0) is 62.1 Å². The molecule has 55 heavy (non-hydrogen) atoms. The van der Waals surface area contributed by atoms with Gasteiger partial charge in [-0.25, -0.2) is 14.6 Å². The van der Waals surface area contributed by atoms with Crippen LogP contribution in [0.3, 0.4) is 0 Å². The van der Waals surface area contributed by atoms with Crippen LogP contribution in [0.5, 0.6) is 0 Å². The van der Waals surface area contributed by atoms with E-state index in [1.54, 1.807) is 24.7 Å². The Morgan fingerprint density at radius 3 is 2.60 bits per heavy atom. The molecule has 6 rings (SSSR count). The maximum Gasteiger partial charge on any atom is 0.412 e. The zero-order valence-corrected chi connectivity index (χ0v) is 31.6. The normalized spacial score (nSPS) is 18.7. The molecule has 0 aliphatic carbocycles. The number of quaternary nitrogens is 1. The molecule has 2 aliphatic rings. The summed E-state index contributed by atoms with van der Waals surface area (Å²) in [6, 6.07) is 18.3. The molecule has 2 aliphatic heterocycles. The summed E-state index contributed by atoms with van der Waals surface area (Å²) in [6.45, 7) is 9.78. The summed E-state index contributed by atoms with van der Waals surface area (Å²) in [5, 5.41) is 11.5. The average molecular weight is 750 g/mol. The fraction of sp³-hybridized carbons (Fsp3) is 0.341. The fourth-order valence-corrected chi connectivity index (χ4v) is 6.85. The van der Waals surface area contributed by atoms with E-state index >= 15 is 0 Å². The SMILES string of the molecule is C[C@H]1CN(c2ccncc2NC(=O)c2nc3cc(C4=CCOCC4)ccc3cc2NC(=O)OCc2ccccc2)CC(NC(=O)OC(C)(C)C)[C@H]1[NH2+]/C=C\N. The Morgan fingerprint density at radius 2 is 1.85 bits per heavy atom. The molecule has 4 aromatic rings. The van der Waals surface area contributed by atoms with E-state index < -0.39 is 23.7 Å².